The summed E-state index contributed by atoms with van der Waals surface area (Å²) in [6, 6.07) is 4.53. The fraction of sp³-hybridized carbons (Fsp3) is 0.545. The Hall–Kier alpha value is -1.74. The molecule has 2 bridgehead atoms. The molecule has 166 valence electrons. The number of aryl methyl sites for hydroxylation is 2. The number of esters is 1. The molecule has 31 heavy (non-hydrogen) atoms. The van der Waals surface area contributed by atoms with Gasteiger partial charge in [0.25, 0.3) is 5.91 Å². The number of alkyl halides is 2. The Kier molecular flexibility index (Phi) is 6.02. The fourth-order valence-electron chi connectivity index (χ4n) is 5.26. The summed E-state index contributed by atoms with van der Waals surface area (Å²) in [5.74, 6) is -2.50. The Balaban J connectivity index is 1.37. The molecule has 3 amide bonds. The number of ether oxygens (including phenoxy) is 1. The van der Waals surface area contributed by atoms with Gasteiger partial charge in [-0.05, 0) is 50.7 Å². The highest BCUT2D eigenvalue weighted by atomic mass is 79.9. The van der Waals surface area contributed by atoms with Gasteiger partial charge in [0.2, 0.25) is 11.8 Å². The number of imide groups is 1. The zero-order valence-corrected chi connectivity index (χ0v) is 20.6. The van der Waals surface area contributed by atoms with Gasteiger partial charge in [-0.15, -0.1) is 0 Å². The molecule has 3 fully saturated rings. The second-order valence-electron chi connectivity index (χ2n) is 8.70. The molecule has 1 heterocycles. The smallest absolute Gasteiger partial charge is 0.329 e. The fourth-order valence-corrected chi connectivity index (χ4v) is 7.13. The lowest BCUT2D eigenvalue weighted by molar-refractivity contribution is -0.159. The van der Waals surface area contributed by atoms with Crippen molar-refractivity contribution in [1.29, 1.82) is 0 Å². The van der Waals surface area contributed by atoms with E-state index in [0.717, 1.165) is 22.4 Å². The molecule has 1 aromatic carbocycles. The highest BCUT2D eigenvalue weighted by molar-refractivity contribution is 9.12. The number of carbonyl (C=O) groups is 4. The Morgan fingerprint density at radius 3 is 2.26 bits per heavy atom. The summed E-state index contributed by atoms with van der Waals surface area (Å²) in [4.78, 5) is 52.1. The highest BCUT2D eigenvalue weighted by Gasteiger charge is 2.67. The molecule has 3 aliphatic rings. The largest absolute Gasteiger partial charge is 0.454 e. The van der Waals surface area contributed by atoms with E-state index in [-0.39, 0.29) is 33.3 Å². The molecule has 2 saturated carbocycles. The number of amides is 3. The Labute approximate surface area is 197 Å². The van der Waals surface area contributed by atoms with Gasteiger partial charge in [0.05, 0.1) is 11.8 Å². The van der Waals surface area contributed by atoms with Crippen molar-refractivity contribution in [3.05, 3.63) is 29.3 Å². The van der Waals surface area contributed by atoms with Crippen LogP contribution in [0.5, 0.6) is 0 Å². The van der Waals surface area contributed by atoms with Gasteiger partial charge in [-0.2, -0.15) is 0 Å². The molecule has 0 radical (unpaired) electrons. The maximum Gasteiger partial charge on any atom is 0.329 e. The summed E-state index contributed by atoms with van der Waals surface area (Å²) in [6.07, 6.45) is 0.823. The third-order valence-electron chi connectivity index (χ3n) is 6.75. The number of nitrogens with one attached hydrogen (secondary N) is 1. The standard InChI is InChI=1S/C22H24Br2N2O5/c1-9-4-5-14(10(2)6-9)25-15(27)8-31-22(30)11(3)26-20(28)16-12-7-13(17(16)21(26)29)19(24)18(12)23/h4-6,11-13,16-19H,7-8H2,1-3H3,(H,25,27)/t11-,12+,13+,16+,17+,18-,19-/m0/s1. The molecule has 0 unspecified atom stereocenters. The van der Waals surface area contributed by atoms with Crippen LogP contribution in [-0.2, 0) is 23.9 Å². The van der Waals surface area contributed by atoms with E-state index in [1.165, 1.54) is 6.92 Å². The van der Waals surface area contributed by atoms with Crippen molar-refractivity contribution in [2.24, 2.45) is 23.7 Å². The summed E-state index contributed by atoms with van der Waals surface area (Å²) >= 11 is 7.28. The van der Waals surface area contributed by atoms with Crippen LogP contribution in [-0.4, -0.2) is 50.9 Å². The maximum atomic E-state index is 13.0. The van der Waals surface area contributed by atoms with E-state index in [1.54, 1.807) is 6.07 Å². The second-order valence-corrected chi connectivity index (χ2v) is 10.8. The Bertz CT molecular complexity index is 935. The third kappa shape index (κ3) is 3.73. The van der Waals surface area contributed by atoms with E-state index in [1.807, 2.05) is 26.0 Å². The van der Waals surface area contributed by atoms with Crippen molar-refractivity contribution in [1.82, 2.24) is 4.90 Å². The van der Waals surface area contributed by atoms with Crippen LogP contribution in [0.1, 0.15) is 24.5 Å². The van der Waals surface area contributed by atoms with Gasteiger partial charge in [-0.3, -0.25) is 19.3 Å². The molecule has 7 atom stereocenters. The first-order valence-electron chi connectivity index (χ1n) is 10.3. The molecule has 1 saturated heterocycles. The van der Waals surface area contributed by atoms with E-state index in [4.69, 9.17) is 4.74 Å². The van der Waals surface area contributed by atoms with Crippen molar-refractivity contribution in [2.45, 2.75) is 42.9 Å². The molecule has 0 aromatic heterocycles. The summed E-state index contributed by atoms with van der Waals surface area (Å²) in [7, 11) is 0. The Morgan fingerprint density at radius 1 is 1.13 bits per heavy atom. The number of halogens is 2. The summed E-state index contributed by atoms with van der Waals surface area (Å²) in [5, 5.41) is 2.71. The molecule has 2 aliphatic carbocycles. The van der Waals surface area contributed by atoms with Crippen LogP contribution in [0.2, 0.25) is 0 Å². The zero-order chi connectivity index (χ0) is 22.6. The predicted molar refractivity (Wildman–Crippen MR) is 121 cm³/mol. The van der Waals surface area contributed by atoms with Crippen molar-refractivity contribution in [2.75, 3.05) is 11.9 Å². The van der Waals surface area contributed by atoms with Gasteiger partial charge in [0, 0.05) is 15.3 Å². The molecular weight excluding hydrogens is 532 g/mol. The van der Waals surface area contributed by atoms with Crippen molar-refractivity contribution in [3.8, 4) is 0 Å². The van der Waals surface area contributed by atoms with Gasteiger partial charge < -0.3 is 10.1 Å². The Morgan fingerprint density at radius 2 is 1.71 bits per heavy atom. The molecule has 4 rings (SSSR count). The first kappa shape index (κ1) is 22.5. The number of benzene rings is 1. The average Bonchev–Trinajstić information content (AvgIpc) is 3.32. The molecule has 7 nitrogen and oxygen atoms in total. The van der Waals surface area contributed by atoms with E-state index < -0.39 is 36.4 Å². The van der Waals surface area contributed by atoms with E-state index in [0.29, 0.717) is 5.69 Å². The SMILES string of the molecule is Cc1ccc(NC(=O)COC(=O)[C@H](C)N2C(=O)[C@@H]3[C@H]4C[C@@H]([C@H](Br)[C@H]4Br)[C@H]3C2=O)c(C)c1. The lowest BCUT2D eigenvalue weighted by Crippen LogP contribution is -2.45. The number of fused-ring (bicyclic) bond motifs is 5. The summed E-state index contributed by atoms with van der Waals surface area (Å²) < 4.78 is 5.13. The molecule has 9 heteroatoms. The highest BCUT2D eigenvalue weighted by Crippen LogP contribution is 2.60. The lowest BCUT2D eigenvalue weighted by atomic mass is 9.81. The molecule has 1 aromatic rings. The number of rotatable bonds is 5. The van der Waals surface area contributed by atoms with Crippen LogP contribution < -0.4 is 5.32 Å². The quantitative estimate of drug-likeness (QED) is 0.342. The molecular formula is C22H24Br2N2O5. The first-order chi connectivity index (χ1) is 14.6. The van der Waals surface area contributed by atoms with Gasteiger partial charge >= 0.3 is 5.97 Å². The van der Waals surface area contributed by atoms with Crippen LogP contribution in [0.4, 0.5) is 5.69 Å². The minimum atomic E-state index is -1.07. The van der Waals surface area contributed by atoms with E-state index in [9.17, 15) is 19.2 Å². The molecule has 1 aliphatic heterocycles. The van der Waals surface area contributed by atoms with Crippen LogP contribution in [0.15, 0.2) is 18.2 Å². The normalized spacial score (nSPS) is 32.2. The lowest BCUT2D eigenvalue weighted by Gasteiger charge is -2.28. The van der Waals surface area contributed by atoms with Crippen LogP contribution in [0, 0.1) is 37.5 Å². The van der Waals surface area contributed by atoms with Gasteiger partial charge in [-0.1, -0.05) is 49.6 Å². The summed E-state index contributed by atoms with van der Waals surface area (Å²) in [5.41, 5.74) is 2.62. The number of hydrogen-bond donors (Lipinski definition) is 1. The number of nitrogens with zero attached hydrogens (tertiary/aromatic N) is 1. The number of carbonyl (C=O) groups excluding carboxylic acids is 4. The van der Waals surface area contributed by atoms with Crippen LogP contribution in [0.3, 0.4) is 0 Å². The minimum absolute atomic E-state index is 0.0765. The van der Waals surface area contributed by atoms with Gasteiger partial charge in [0.15, 0.2) is 6.61 Å². The topological polar surface area (TPSA) is 92.8 Å². The van der Waals surface area contributed by atoms with E-state index >= 15 is 0 Å². The second kappa shape index (κ2) is 8.31. The first-order valence-corrected chi connectivity index (χ1v) is 12.1. The number of anilines is 1. The number of hydrogen-bond acceptors (Lipinski definition) is 5. The van der Waals surface area contributed by atoms with Crippen molar-refractivity contribution < 1.29 is 23.9 Å². The van der Waals surface area contributed by atoms with Crippen molar-refractivity contribution >= 4 is 61.2 Å². The predicted octanol–water partition coefficient (Wildman–Crippen LogP) is 2.95. The van der Waals surface area contributed by atoms with Gasteiger partial charge in [-0.25, -0.2) is 4.79 Å². The molecule has 0 spiro atoms. The average molecular weight is 556 g/mol. The zero-order valence-electron chi connectivity index (χ0n) is 17.4. The monoisotopic (exact) mass is 554 g/mol. The third-order valence-corrected chi connectivity index (χ3v) is 9.96. The van der Waals surface area contributed by atoms with Crippen LogP contribution in [0.25, 0.3) is 0 Å². The minimum Gasteiger partial charge on any atom is -0.454 e. The number of likely N-dealkylation sites (tertiary alicyclic amines) is 1. The van der Waals surface area contributed by atoms with Crippen molar-refractivity contribution in [3.63, 3.8) is 0 Å². The van der Waals surface area contributed by atoms with Gasteiger partial charge in [0.1, 0.15) is 6.04 Å². The van der Waals surface area contributed by atoms with E-state index in [2.05, 4.69) is 37.2 Å². The molecule has 1 N–H and O–H groups in total. The van der Waals surface area contributed by atoms with Crippen LogP contribution >= 0.6 is 31.9 Å². The summed E-state index contributed by atoms with van der Waals surface area (Å²) in [6.45, 7) is 4.82. The maximum absolute atomic E-state index is 13.0.